The summed E-state index contributed by atoms with van der Waals surface area (Å²) in [6, 6.07) is 2.16. The van der Waals surface area contributed by atoms with Crippen molar-refractivity contribution in [2.45, 2.75) is 36.0 Å². The molecule has 2 aromatic rings. The monoisotopic (exact) mass is 381 g/mol. The highest BCUT2D eigenvalue weighted by atomic mass is 33.1. The van der Waals surface area contributed by atoms with Crippen molar-refractivity contribution in [3.05, 3.63) is 48.0 Å². The summed E-state index contributed by atoms with van der Waals surface area (Å²) < 4.78 is 0. The van der Waals surface area contributed by atoms with Crippen LogP contribution in [0.15, 0.2) is 21.9 Å². The van der Waals surface area contributed by atoms with Crippen LogP contribution in [-0.4, -0.2) is 14.8 Å². The van der Waals surface area contributed by atoms with Gasteiger partial charge in [0.15, 0.2) is 0 Å². The topological polar surface area (TPSA) is 129 Å². The molecule has 0 radical (unpaired) electrons. The number of benzene rings is 2. The highest BCUT2D eigenvalue weighted by Crippen LogP contribution is 2.60. The zero-order valence-corrected chi connectivity index (χ0v) is 14.9. The quantitative estimate of drug-likeness (QED) is 0.413. The van der Waals surface area contributed by atoms with Crippen molar-refractivity contribution in [2.75, 3.05) is 0 Å². The van der Waals surface area contributed by atoms with Gasteiger partial charge in [0.25, 0.3) is 17.1 Å². The van der Waals surface area contributed by atoms with E-state index in [4.69, 9.17) is 0 Å². The number of non-ortho nitro benzene ring substituents is 2. The van der Waals surface area contributed by atoms with Crippen LogP contribution in [0.1, 0.15) is 26.3 Å². The fraction of sp³-hybridized carbons (Fsp3) is 0.286. The van der Waals surface area contributed by atoms with Gasteiger partial charge in [0.2, 0.25) is 0 Å². The zero-order valence-electron chi connectivity index (χ0n) is 13.3. The maximum Gasteiger partial charge on any atom is 0.291 e. The minimum atomic E-state index is -0.812. The lowest BCUT2D eigenvalue weighted by atomic mass is 9.85. The Labute approximate surface area is 148 Å². The minimum absolute atomic E-state index is 0.156. The van der Waals surface area contributed by atoms with Crippen LogP contribution < -0.4 is 0 Å². The average Bonchev–Trinajstić information content (AvgIpc) is 2.91. The van der Waals surface area contributed by atoms with Gasteiger partial charge in [0.1, 0.15) is 10.3 Å². The van der Waals surface area contributed by atoms with Crippen molar-refractivity contribution >= 4 is 49.4 Å². The van der Waals surface area contributed by atoms with Gasteiger partial charge in [0, 0.05) is 16.3 Å². The first-order chi connectivity index (χ1) is 11.5. The van der Waals surface area contributed by atoms with Crippen molar-refractivity contribution in [2.24, 2.45) is 0 Å². The van der Waals surface area contributed by atoms with E-state index in [-0.39, 0.29) is 15.7 Å². The molecule has 1 heterocycles. The van der Waals surface area contributed by atoms with E-state index in [1.807, 2.05) is 20.8 Å². The Morgan fingerprint density at radius 2 is 1.24 bits per heavy atom. The molecule has 1 aliphatic rings. The summed E-state index contributed by atoms with van der Waals surface area (Å²) in [7, 11) is 2.34. The molecule has 25 heavy (non-hydrogen) atoms. The SMILES string of the molecule is CC(C)(C)c1cc([N+](=O)[O-])c2c([N+](=O)[O-])cc([N+](=O)[O-])c3c2c1SS3. The number of nitro groups is 3. The highest BCUT2D eigenvalue weighted by molar-refractivity contribution is 8.77. The lowest BCUT2D eigenvalue weighted by Crippen LogP contribution is -2.13. The van der Waals surface area contributed by atoms with Crippen molar-refractivity contribution in [1.82, 2.24) is 0 Å². The fourth-order valence-corrected chi connectivity index (χ4v) is 5.76. The summed E-state index contributed by atoms with van der Waals surface area (Å²) in [6.45, 7) is 5.59. The van der Waals surface area contributed by atoms with Crippen LogP contribution in [0, 0.1) is 30.3 Å². The molecular formula is C14H11N3O6S2. The molecule has 3 rings (SSSR count). The Hall–Kier alpha value is -2.40. The number of hydrogen-bond acceptors (Lipinski definition) is 8. The molecule has 0 fully saturated rings. The van der Waals surface area contributed by atoms with E-state index in [0.29, 0.717) is 10.5 Å². The van der Waals surface area contributed by atoms with Gasteiger partial charge in [-0.05, 0) is 21.8 Å². The second-order valence-electron chi connectivity index (χ2n) is 6.45. The Morgan fingerprint density at radius 3 is 1.72 bits per heavy atom. The summed E-state index contributed by atoms with van der Waals surface area (Å²) in [5.74, 6) is 0. The summed E-state index contributed by atoms with van der Waals surface area (Å²) in [6.07, 6.45) is 0. The van der Waals surface area contributed by atoms with Crippen molar-refractivity contribution in [1.29, 1.82) is 0 Å². The molecule has 11 heteroatoms. The molecule has 0 amide bonds. The summed E-state index contributed by atoms with van der Waals surface area (Å²) in [5.41, 5.74) is -1.27. The number of nitrogens with zero attached hydrogens (tertiary/aromatic N) is 3. The van der Waals surface area contributed by atoms with Crippen molar-refractivity contribution in [3.8, 4) is 0 Å². The molecule has 0 saturated heterocycles. The third-order valence-corrected chi connectivity index (χ3v) is 6.36. The second-order valence-corrected chi connectivity index (χ2v) is 8.60. The van der Waals surface area contributed by atoms with E-state index in [1.165, 1.54) is 16.9 Å². The van der Waals surface area contributed by atoms with Crippen LogP contribution >= 0.6 is 21.6 Å². The van der Waals surface area contributed by atoms with Gasteiger partial charge < -0.3 is 0 Å². The maximum atomic E-state index is 11.6. The molecule has 0 aromatic heterocycles. The zero-order chi connectivity index (χ0) is 18.7. The lowest BCUT2D eigenvalue weighted by Gasteiger charge is -2.21. The first-order valence-corrected chi connectivity index (χ1v) is 9.15. The average molecular weight is 381 g/mol. The molecule has 1 aliphatic heterocycles. The van der Waals surface area contributed by atoms with E-state index in [0.717, 1.165) is 16.9 Å². The van der Waals surface area contributed by atoms with Gasteiger partial charge in [0.05, 0.1) is 20.8 Å². The van der Waals surface area contributed by atoms with E-state index in [9.17, 15) is 30.3 Å². The molecule has 0 saturated carbocycles. The molecule has 2 aromatic carbocycles. The summed E-state index contributed by atoms with van der Waals surface area (Å²) in [4.78, 5) is 33.0. The predicted octanol–water partition coefficient (Wildman–Crippen LogP) is 4.97. The van der Waals surface area contributed by atoms with Gasteiger partial charge >= 0.3 is 0 Å². The van der Waals surface area contributed by atoms with E-state index in [1.54, 1.807) is 0 Å². The fourth-order valence-electron chi connectivity index (χ4n) is 2.76. The number of hydrogen-bond donors (Lipinski definition) is 0. The Kier molecular flexibility index (Phi) is 3.88. The predicted molar refractivity (Wildman–Crippen MR) is 94.3 cm³/mol. The van der Waals surface area contributed by atoms with Gasteiger partial charge in [-0.3, -0.25) is 30.3 Å². The van der Waals surface area contributed by atoms with Crippen LogP contribution in [0.5, 0.6) is 0 Å². The molecule has 0 unspecified atom stereocenters. The number of rotatable bonds is 3. The van der Waals surface area contributed by atoms with Gasteiger partial charge in [-0.25, -0.2) is 0 Å². The molecule has 0 N–H and O–H groups in total. The molecule has 9 nitrogen and oxygen atoms in total. The van der Waals surface area contributed by atoms with E-state index < -0.39 is 37.2 Å². The largest absolute Gasteiger partial charge is 0.291 e. The third-order valence-electron chi connectivity index (χ3n) is 3.85. The van der Waals surface area contributed by atoms with E-state index >= 15 is 0 Å². The Morgan fingerprint density at radius 1 is 0.760 bits per heavy atom. The smallest absolute Gasteiger partial charge is 0.258 e. The molecule has 0 atom stereocenters. The van der Waals surface area contributed by atoms with Crippen LogP contribution in [0.25, 0.3) is 10.8 Å². The Bertz CT molecular complexity index is 983. The second kappa shape index (κ2) is 5.56. The first-order valence-electron chi connectivity index (χ1n) is 7.00. The molecule has 0 bridgehead atoms. The molecule has 130 valence electrons. The normalized spacial score (nSPS) is 13.2. The summed E-state index contributed by atoms with van der Waals surface area (Å²) in [5, 5.41) is 34.4. The standard InChI is InChI=1S/C14H11N3O6S2/c1-14(2,3)6-4-7(15(18)19)10-8(16(20)21)5-9(17(22)23)13-11(10)12(6)24-25-13/h4-5H,1-3H3. The molecule has 0 aliphatic carbocycles. The highest BCUT2D eigenvalue weighted by Gasteiger charge is 2.39. The third kappa shape index (κ3) is 2.59. The van der Waals surface area contributed by atoms with Gasteiger partial charge in [-0.15, -0.1) is 0 Å². The first kappa shape index (κ1) is 17.4. The minimum Gasteiger partial charge on any atom is -0.258 e. The summed E-state index contributed by atoms with van der Waals surface area (Å²) >= 11 is 0. The lowest BCUT2D eigenvalue weighted by molar-refractivity contribution is -0.396. The van der Waals surface area contributed by atoms with Crippen LogP contribution in [0.3, 0.4) is 0 Å². The van der Waals surface area contributed by atoms with Crippen LogP contribution in [-0.2, 0) is 5.41 Å². The van der Waals surface area contributed by atoms with Crippen LogP contribution in [0.4, 0.5) is 17.1 Å². The van der Waals surface area contributed by atoms with Gasteiger partial charge in [-0.2, -0.15) is 0 Å². The van der Waals surface area contributed by atoms with Crippen molar-refractivity contribution < 1.29 is 14.8 Å². The molecular weight excluding hydrogens is 370 g/mol. The maximum absolute atomic E-state index is 11.6. The molecule has 0 spiro atoms. The Balaban J connectivity index is 2.63. The van der Waals surface area contributed by atoms with Crippen molar-refractivity contribution in [3.63, 3.8) is 0 Å². The van der Waals surface area contributed by atoms with Crippen LogP contribution in [0.2, 0.25) is 0 Å². The van der Waals surface area contributed by atoms with E-state index in [2.05, 4.69) is 0 Å². The number of nitro benzene ring substituents is 3. The van der Waals surface area contributed by atoms with Gasteiger partial charge in [-0.1, -0.05) is 31.6 Å².